The highest BCUT2D eigenvalue weighted by molar-refractivity contribution is 9.10. The molecule has 2 aromatic rings. The van der Waals surface area contributed by atoms with E-state index >= 15 is 0 Å². The smallest absolute Gasteiger partial charge is 0.177 e. The second-order valence-corrected chi connectivity index (χ2v) is 5.22. The van der Waals surface area contributed by atoms with Gasteiger partial charge in [0.05, 0.1) is 10.2 Å². The lowest BCUT2D eigenvalue weighted by molar-refractivity contribution is 0.770. The predicted molar refractivity (Wildman–Crippen MR) is 75.3 cm³/mol. The van der Waals surface area contributed by atoms with Crippen molar-refractivity contribution in [1.29, 1.82) is 5.26 Å². The van der Waals surface area contributed by atoms with Crippen molar-refractivity contribution in [3.8, 4) is 17.3 Å². The van der Waals surface area contributed by atoms with Gasteiger partial charge in [0.2, 0.25) is 0 Å². The van der Waals surface area contributed by atoms with Gasteiger partial charge in [0.1, 0.15) is 6.07 Å². The van der Waals surface area contributed by atoms with Crippen LogP contribution in [0.5, 0.6) is 0 Å². The molecule has 0 amide bonds. The van der Waals surface area contributed by atoms with E-state index in [1.807, 2.05) is 7.05 Å². The van der Waals surface area contributed by atoms with Crippen molar-refractivity contribution in [2.24, 2.45) is 7.05 Å². The molecule has 4 heteroatoms. The Hall–Kier alpha value is -1.60. The van der Waals surface area contributed by atoms with Gasteiger partial charge in [-0.05, 0) is 53.4 Å². The molecule has 0 radical (unpaired) electrons. The summed E-state index contributed by atoms with van der Waals surface area (Å²) in [4.78, 5) is 0. The topological polar surface area (TPSA) is 41.6 Å². The molecule has 0 bridgehead atoms. The van der Waals surface area contributed by atoms with Gasteiger partial charge in [0.25, 0.3) is 0 Å². The van der Waals surface area contributed by atoms with Gasteiger partial charge in [0.15, 0.2) is 5.69 Å². The van der Waals surface area contributed by atoms with Crippen LogP contribution in [0.15, 0.2) is 16.6 Å². The number of rotatable bonds is 1. The predicted octanol–water partition coefficient (Wildman–Crippen LogP) is 3.65. The molecule has 92 valence electrons. The molecule has 0 aliphatic heterocycles. The van der Waals surface area contributed by atoms with Gasteiger partial charge in [-0.15, -0.1) is 0 Å². The third-order valence-electron chi connectivity index (χ3n) is 3.41. The number of nitrogens with zero attached hydrogens (tertiary/aromatic N) is 3. The number of benzene rings is 1. The maximum atomic E-state index is 9.02. The molecule has 0 fully saturated rings. The highest BCUT2D eigenvalue weighted by atomic mass is 79.9. The molecule has 1 aromatic carbocycles. The first-order chi connectivity index (χ1) is 8.47. The zero-order valence-corrected chi connectivity index (χ0v) is 12.5. The molecule has 0 saturated heterocycles. The molecular formula is C14H14BrN3. The second kappa shape index (κ2) is 4.58. The van der Waals surface area contributed by atoms with Crippen LogP contribution in [0.1, 0.15) is 22.4 Å². The Morgan fingerprint density at radius 1 is 1.22 bits per heavy atom. The van der Waals surface area contributed by atoms with Crippen molar-refractivity contribution in [1.82, 2.24) is 9.78 Å². The number of aromatic nitrogens is 2. The van der Waals surface area contributed by atoms with E-state index in [4.69, 9.17) is 5.26 Å². The van der Waals surface area contributed by atoms with Gasteiger partial charge >= 0.3 is 0 Å². The van der Waals surface area contributed by atoms with Gasteiger partial charge in [-0.1, -0.05) is 12.1 Å². The van der Waals surface area contributed by atoms with Crippen molar-refractivity contribution in [3.63, 3.8) is 0 Å². The quantitative estimate of drug-likeness (QED) is 0.807. The number of hydrogen-bond acceptors (Lipinski definition) is 2. The van der Waals surface area contributed by atoms with E-state index in [9.17, 15) is 0 Å². The van der Waals surface area contributed by atoms with Gasteiger partial charge in [-0.25, -0.2) is 0 Å². The monoisotopic (exact) mass is 303 g/mol. The van der Waals surface area contributed by atoms with Crippen LogP contribution in [0.4, 0.5) is 0 Å². The minimum Gasteiger partial charge on any atom is -0.265 e. The standard InChI is InChI=1S/C14H14BrN3/c1-8-5-6-11(10(3)9(8)2)14-13(15)12(7-16)17-18(14)4/h5-6H,1-4H3. The largest absolute Gasteiger partial charge is 0.265 e. The lowest BCUT2D eigenvalue weighted by atomic mass is 9.97. The van der Waals surface area contributed by atoms with Gasteiger partial charge in [0, 0.05) is 12.6 Å². The van der Waals surface area contributed by atoms with Crippen LogP contribution >= 0.6 is 15.9 Å². The number of aryl methyl sites for hydroxylation is 2. The SMILES string of the molecule is Cc1ccc(-c2c(Br)c(C#N)nn2C)c(C)c1C. The summed E-state index contributed by atoms with van der Waals surface area (Å²) in [7, 11) is 1.86. The normalized spacial score (nSPS) is 10.4. The van der Waals surface area contributed by atoms with E-state index < -0.39 is 0 Å². The van der Waals surface area contributed by atoms with E-state index in [-0.39, 0.29) is 0 Å². The lowest BCUT2D eigenvalue weighted by Crippen LogP contribution is -1.98. The van der Waals surface area contributed by atoms with Crippen LogP contribution in [0.25, 0.3) is 11.3 Å². The fourth-order valence-corrected chi connectivity index (χ4v) is 2.71. The van der Waals surface area contributed by atoms with E-state index in [1.54, 1.807) is 4.68 Å². The lowest BCUT2D eigenvalue weighted by Gasteiger charge is -2.12. The Morgan fingerprint density at radius 3 is 2.44 bits per heavy atom. The minimum atomic E-state index is 0.421. The van der Waals surface area contributed by atoms with Crippen LogP contribution in [0.2, 0.25) is 0 Å². The Kier molecular flexibility index (Phi) is 3.27. The molecule has 3 nitrogen and oxygen atoms in total. The summed E-state index contributed by atoms with van der Waals surface area (Å²) in [5.41, 5.74) is 6.26. The Bertz CT molecular complexity index is 663. The summed E-state index contributed by atoms with van der Waals surface area (Å²) >= 11 is 3.47. The molecule has 18 heavy (non-hydrogen) atoms. The van der Waals surface area contributed by atoms with Crippen molar-refractivity contribution in [3.05, 3.63) is 39.0 Å². The summed E-state index contributed by atoms with van der Waals surface area (Å²) in [6.45, 7) is 6.32. The summed E-state index contributed by atoms with van der Waals surface area (Å²) in [5, 5.41) is 13.2. The van der Waals surface area contributed by atoms with Crippen molar-refractivity contribution in [2.45, 2.75) is 20.8 Å². The molecule has 0 unspecified atom stereocenters. The first-order valence-electron chi connectivity index (χ1n) is 5.67. The molecule has 1 heterocycles. The van der Waals surface area contributed by atoms with E-state index in [0.29, 0.717) is 5.69 Å². The molecule has 1 aromatic heterocycles. The van der Waals surface area contributed by atoms with E-state index in [2.05, 4.69) is 60.0 Å². The van der Waals surface area contributed by atoms with Crippen molar-refractivity contribution in [2.75, 3.05) is 0 Å². The molecule has 0 spiro atoms. The maximum absolute atomic E-state index is 9.02. The number of nitriles is 1. The van der Waals surface area contributed by atoms with Gasteiger partial charge in [-0.2, -0.15) is 10.4 Å². The number of halogens is 1. The Labute approximate surface area is 115 Å². The van der Waals surface area contributed by atoms with Crippen LogP contribution < -0.4 is 0 Å². The van der Waals surface area contributed by atoms with Crippen LogP contribution in [-0.2, 0) is 7.05 Å². The zero-order valence-electron chi connectivity index (χ0n) is 10.9. The first-order valence-corrected chi connectivity index (χ1v) is 6.46. The summed E-state index contributed by atoms with van der Waals surface area (Å²) in [6.07, 6.45) is 0. The average molecular weight is 304 g/mol. The van der Waals surface area contributed by atoms with Crippen molar-refractivity contribution < 1.29 is 0 Å². The Balaban J connectivity index is 2.75. The third-order valence-corrected chi connectivity index (χ3v) is 4.16. The second-order valence-electron chi connectivity index (χ2n) is 4.43. The van der Waals surface area contributed by atoms with Crippen LogP contribution in [0, 0.1) is 32.1 Å². The average Bonchev–Trinajstić information content (AvgIpc) is 2.63. The van der Waals surface area contributed by atoms with Crippen molar-refractivity contribution >= 4 is 15.9 Å². The first kappa shape index (κ1) is 12.8. The summed E-state index contributed by atoms with van der Waals surface area (Å²) in [6, 6.07) is 6.28. The van der Waals surface area contributed by atoms with E-state index in [1.165, 1.54) is 16.7 Å². The highest BCUT2D eigenvalue weighted by Gasteiger charge is 2.17. The molecule has 2 rings (SSSR count). The van der Waals surface area contributed by atoms with Gasteiger partial charge < -0.3 is 0 Å². The Morgan fingerprint density at radius 2 is 1.89 bits per heavy atom. The summed E-state index contributed by atoms with van der Waals surface area (Å²) < 4.78 is 2.51. The molecule has 0 aliphatic carbocycles. The third kappa shape index (κ3) is 1.85. The van der Waals surface area contributed by atoms with Crippen LogP contribution in [0.3, 0.4) is 0 Å². The molecule has 0 N–H and O–H groups in total. The van der Waals surface area contributed by atoms with Crippen LogP contribution in [-0.4, -0.2) is 9.78 Å². The summed E-state index contributed by atoms with van der Waals surface area (Å²) in [5.74, 6) is 0. The highest BCUT2D eigenvalue weighted by Crippen LogP contribution is 2.34. The molecule has 0 atom stereocenters. The maximum Gasteiger partial charge on any atom is 0.177 e. The van der Waals surface area contributed by atoms with E-state index in [0.717, 1.165) is 15.7 Å². The fraction of sp³-hybridized carbons (Fsp3) is 0.286. The van der Waals surface area contributed by atoms with Gasteiger partial charge in [-0.3, -0.25) is 4.68 Å². The zero-order chi connectivity index (χ0) is 13.4. The molecular weight excluding hydrogens is 290 g/mol. The fourth-order valence-electron chi connectivity index (χ4n) is 2.07. The minimum absolute atomic E-state index is 0.421. The number of hydrogen-bond donors (Lipinski definition) is 0. The molecule has 0 saturated carbocycles. The molecule has 0 aliphatic rings.